The number of pyridine rings is 1. The molecule has 1 N–H and O–H groups in total. The molecule has 0 aliphatic rings. The third kappa shape index (κ3) is 4.92. The topological polar surface area (TPSA) is 54.5 Å². The van der Waals surface area contributed by atoms with Gasteiger partial charge >= 0.3 is 6.18 Å². The van der Waals surface area contributed by atoms with E-state index >= 15 is 0 Å². The lowest BCUT2D eigenvalue weighted by Gasteiger charge is -2.20. The van der Waals surface area contributed by atoms with Crippen LogP contribution < -0.4 is 15.0 Å². The Labute approximate surface area is 157 Å². The van der Waals surface area contributed by atoms with Crippen LogP contribution in [0.25, 0.3) is 0 Å². The molecule has 0 bridgehead atoms. The molecule has 2 rings (SSSR count). The molecule has 0 unspecified atom stereocenters. The van der Waals surface area contributed by atoms with Crippen LogP contribution in [0, 0.1) is 0 Å². The van der Waals surface area contributed by atoms with Crippen molar-refractivity contribution in [3.63, 3.8) is 0 Å². The standard InChI is InChI=1S/C16H14Cl2F3N3O2/c1-24(15-11(18)5-9(7-22-15)16(19,20)21)8-14(25)23-12-6-10(17)3-4-13(12)26-2/h3-7H,8H2,1-2H3,(H,23,25). The molecular formula is C16H14Cl2F3N3O2. The maximum Gasteiger partial charge on any atom is 0.417 e. The number of carbonyl (C=O) groups excluding carboxylic acids is 1. The average Bonchev–Trinajstić information content (AvgIpc) is 2.53. The van der Waals surface area contributed by atoms with Gasteiger partial charge in [0.1, 0.15) is 11.6 Å². The zero-order chi connectivity index (χ0) is 19.5. The molecule has 0 fully saturated rings. The van der Waals surface area contributed by atoms with Crippen molar-refractivity contribution in [3.8, 4) is 5.75 Å². The fourth-order valence-electron chi connectivity index (χ4n) is 2.12. The van der Waals surface area contributed by atoms with Crippen molar-refractivity contribution in [3.05, 3.63) is 46.1 Å². The van der Waals surface area contributed by atoms with Crippen LogP contribution in [-0.2, 0) is 11.0 Å². The maximum atomic E-state index is 12.7. The fourth-order valence-corrected chi connectivity index (χ4v) is 2.61. The normalized spacial score (nSPS) is 11.2. The van der Waals surface area contributed by atoms with Gasteiger partial charge in [0.15, 0.2) is 0 Å². The van der Waals surface area contributed by atoms with Crippen LogP contribution in [0.3, 0.4) is 0 Å². The SMILES string of the molecule is COc1ccc(Cl)cc1NC(=O)CN(C)c1ncc(C(F)(F)F)cc1Cl. The van der Waals surface area contributed by atoms with Crippen molar-refractivity contribution in [2.24, 2.45) is 0 Å². The number of likely N-dealkylation sites (N-methyl/N-ethyl adjacent to an activating group) is 1. The average molecular weight is 408 g/mol. The molecule has 0 spiro atoms. The van der Waals surface area contributed by atoms with Crippen molar-refractivity contribution >= 4 is 40.6 Å². The summed E-state index contributed by atoms with van der Waals surface area (Å²) in [4.78, 5) is 17.2. The van der Waals surface area contributed by atoms with E-state index in [1.165, 1.54) is 25.1 Å². The molecule has 0 aliphatic carbocycles. The number of aromatic nitrogens is 1. The van der Waals surface area contributed by atoms with Crippen LogP contribution in [0.4, 0.5) is 24.7 Å². The van der Waals surface area contributed by atoms with E-state index in [4.69, 9.17) is 27.9 Å². The van der Waals surface area contributed by atoms with Crippen molar-refractivity contribution < 1.29 is 22.7 Å². The number of ether oxygens (including phenoxy) is 1. The number of carbonyl (C=O) groups is 1. The summed E-state index contributed by atoms with van der Waals surface area (Å²) in [5.41, 5.74) is -0.599. The molecule has 1 aromatic heterocycles. The molecule has 0 radical (unpaired) electrons. The van der Waals surface area contributed by atoms with E-state index in [0.29, 0.717) is 22.7 Å². The summed E-state index contributed by atoms with van der Waals surface area (Å²) in [6.45, 7) is -0.201. The number of rotatable bonds is 5. The van der Waals surface area contributed by atoms with Crippen LogP contribution in [0.1, 0.15) is 5.56 Å². The molecule has 1 amide bonds. The number of halogens is 5. The van der Waals surface area contributed by atoms with Gasteiger partial charge < -0.3 is 15.0 Å². The largest absolute Gasteiger partial charge is 0.495 e. The Bertz CT molecular complexity index is 816. The van der Waals surface area contributed by atoms with Gasteiger partial charge in [0.25, 0.3) is 0 Å². The van der Waals surface area contributed by atoms with Crippen molar-refractivity contribution in [2.45, 2.75) is 6.18 Å². The summed E-state index contributed by atoms with van der Waals surface area (Å²) in [6, 6.07) is 5.48. The fraction of sp³-hybridized carbons (Fsp3) is 0.250. The Morgan fingerprint density at radius 2 is 2.00 bits per heavy atom. The third-order valence-corrected chi connectivity index (χ3v) is 3.84. The number of alkyl halides is 3. The summed E-state index contributed by atoms with van der Waals surface area (Å²) in [6.07, 6.45) is -3.89. The third-order valence-electron chi connectivity index (χ3n) is 3.33. The van der Waals surface area contributed by atoms with Crippen LogP contribution in [-0.4, -0.2) is 31.6 Å². The highest BCUT2D eigenvalue weighted by Crippen LogP contribution is 2.33. The summed E-state index contributed by atoms with van der Waals surface area (Å²) < 4.78 is 43.1. The summed E-state index contributed by atoms with van der Waals surface area (Å²) in [5, 5.41) is 2.81. The quantitative estimate of drug-likeness (QED) is 0.792. The summed E-state index contributed by atoms with van der Waals surface area (Å²) in [5.74, 6) is 0.00907. The van der Waals surface area contributed by atoms with E-state index in [1.54, 1.807) is 12.1 Å². The van der Waals surface area contributed by atoms with Crippen LogP contribution in [0.15, 0.2) is 30.5 Å². The van der Waals surface area contributed by atoms with Gasteiger partial charge in [-0.15, -0.1) is 0 Å². The summed E-state index contributed by atoms with van der Waals surface area (Å²) in [7, 11) is 2.92. The van der Waals surface area contributed by atoms with Gasteiger partial charge in [-0.05, 0) is 24.3 Å². The molecule has 140 valence electrons. The maximum absolute atomic E-state index is 12.7. The zero-order valence-corrected chi connectivity index (χ0v) is 15.2. The van der Waals surface area contributed by atoms with Gasteiger partial charge in [0.05, 0.1) is 29.9 Å². The highest BCUT2D eigenvalue weighted by molar-refractivity contribution is 6.33. The molecule has 1 aromatic carbocycles. The lowest BCUT2D eigenvalue weighted by atomic mass is 10.2. The molecule has 2 aromatic rings. The second-order valence-corrected chi connectivity index (χ2v) is 6.12. The minimum Gasteiger partial charge on any atom is -0.495 e. The van der Waals surface area contributed by atoms with Gasteiger partial charge in [-0.25, -0.2) is 4.98 Å². The van der Waals surface area contributed by atoms with Crippen LogP contribution in [0.5, 0.6) is 5.75 Å². The first-order valence-corrected chi connectivity index (χ1v) is 7.94. The van der Waals surface area contributed by atoms with Crippen molar-refractivity contribution in [1.29, 1.82) is 0 Å². The Balaban J connectivity index is 2.11. The number of amides is 1. The number of nitrogens with one attached hydrogen (secondary N) is 1. The second-order valence-electron chi connectivity index (χ2n) is 5.28. The number of anilines is 2. The van der Waals surface area contributed by atoms with E-state index in [2.05, 4.69) is 10.3 Å². The highest BCUT2D eigenvalue weighted by atomic mass is 35.5. The molecule has 0 atom stereocenters. The van der Waals surface area contributed by atoms with Crippen molar-refractivity contribution in [1.82, 2.24) is 4.98 Å². The Hall–Kier alpha value is -2.19. The van der Waals surface area contributed by atoms with Gasteiger partial charge in [-0.3, -0.25) is 4.79 Å². The number of hydrogen-bond donors (Lipinski definition) is 1. The first-order chi connectivity index (χ1) is 12.1. The van der Waals surface area contributed by atoms with E-state index in [-0.39, 0.29) is 17.4 Å². The van der Waals surface area contributed by atoms with Gasteiger partial charge in [-0.2, -0.15) is 13.2 Å². The minimum atomic E-state index is -4.55. The monoisotopic (exact) mass is 407 g/mol. The predicted octanol–water partition coefficient (Wildman–Crippen LogP) is 4.49. The van der Waals surface area contributed by atoms with Gasteiger partial charge in [-0.1, -0.05) is 23.2 Å². The first-order valence-electron chi connectivity index (χ1n) is 7.19. The highest BCUT2D eigenvalue weighted by Gasteiger charge is 2.32. The van der Waals surface area contributed by atoms with Gasteiger partial charge in [0, 0.05) is 18.3 Å². The zero-order valence-electron chi connectivity index (χ0n) is 13.7. The molecule has 5 nitrogen and oxygen atoms in total. The molecule has 10 heteroatoms. The molecule has 1 heterocycles. The molecule has 0 saturated heterocycles. The molecule has 26 heavy (non-hydrogen) atoms. The Morgan fingerprint density at radius 3 is 2.58 bits per heavy atom. The number of benzene rings is 1. The molecule has 0 saturated carbocycles. The van der Waals surface area contributed by atoms with Crippen LogP contribution in [0.2, 0.25) is 10.0 Å². The number of methoxy groups -OCH3 is 1. The molecule has 0 aliphatic heterocycles. The minimum absolute atomic E-state index is 0.0490. The summed E-state index contributed by atoms with van der Waals surface area (Å²) >= 11 is 11.8. The van der Waals surface area contributed by atoms with E-state index in [9.17, 15) is 18.0 Å². The van der Waals surface area contributed by atoms with E-state index < -0.39 is 17.6 Å². The second kappa shape index (κ2) is 8.01. The van der Waals surface area contributed by atoms with E-state index in [0.717, 1.165) is 6.07 Å². The van der Waals surface area contributed by atoms with Crippen molar-refractivity contribution in [2.75, 3.05) is 30.9 Å². The predicted molar refractivity (Wildman–Crippen MR) is 94.2 cm³/mol. The Kier molecular flexibility index (Phi) is 6.20. The first kappa shape index (κ1) is 20.1. The van der Waals surface area contributed by atoms with Gasteiger partial charge in [0.2, 0.25) is 5.91 Å². The number of hydrogen-bond acceptors (Lipinski definition) is 4. The lowest BCUT2D eigenvalue weighted by Crippen LogP contribution is -2.31. The van der Waals surface area contributed by atoms with E-state index in [1.807, 2.05) is 0 Å². The van der Waals surface area contributed by atoms with Crippen LogP contribution >= 0.6 is 23.2 Å². The Morgan fingerprint density at radius 1 is 1.31 bits per heavy atom. The lowest BCUT2D eigenvalue weighted by molar-refractivity contribution is -0.137. The number of nitrogens with zero attached hydrogens (tertiary/aromatic N) is 2. The smallest absolute Gasteiger partial charge is 0.417 e. The molecular weight excluding hydrogens is 394 g/mol.